The summed E-state index contributed by atoms with van der Waals surface area (Å²) in [5, 5.41) is 0.490. The van der Waals surface area contributed by atoms with Crippen molar-refractivity contribution in [1.29, 1.82) is 0 Å². The number of anilines is 2. The Labute approximate surface area is 92.6 Å². The second-order valence-electron chi connectivity index (χ2n) is 3.50. The summed E-state index contributed by atoms with van der Waals surface area (Å²) in [6.07, 6.45) is -0.508. The number of halogens is 1. The zero-order valence-electron chi connectivity index (χ0n) is 8.45. The largest absolute Gasteiger partial charge is 0.477 e. The molecule has 0 radical (unpaired) electrons. The molecule has 2 rings (SSSR count). The van der Waals surface area contributed by atoms with Crippen LogP contribution in [0.15, 0.2) is 12.1 Å². The highest BCUT2D eigenvalue weighted by molar-refractivity contribution is 6.31. The van der Waals surface area contributed by atoms with Crippen molar-refractivity contribution in [3.63, 3.8) is 0 Å². The van der Waals surface area contributed by atoms with Gasteiger partial charge in [-0.15, -0.1) is 0 Å². The number of likely N-dealkylation sites (N-methyl/N-ethyl adjacent to an activating group) is 1. The monoisotopic (exact) mass is 226 g/mol. The maximum absolute atomic E-state index is 11.6. The molecule has 1 aromatic rings. The minimum Gasteiger partial charge on any atom is -0.477 e. The maximum atomic E-state index is 11.6. The number of ether oxygens (including phenoxy) is 1. The van der Waals surface area contributed by atoms with Gasteiger partial charge in [0.05, 0.1) is 11.4 Å². The molecule has 15 heavy (non-hydrogen) atoms. The molecule has 0 saturated heterocycles. The van der Waals surface area contributed by atoms with Gasteiger partial charge in [0.25, 0.3) is 5.91 Å². The fourth-order valence-corrected chi connectivity index (χ4v) is 1.82. The van der Waals surface area contributed by atoms with E-state index in [-0.39, 0.29) is 5.91 Å². The molecule has 4 nitrogen and oxygen atoms in total. The molecule has 1 heterocycles. The molecule has 0 bridgehead atoms. The Hall–Kier alpha value is -1.42. The standard InChI is InChI=1S/C10H11ClN2O2/c1-5-10(14)13(2)8-4-6(11)3-7(12)9(8)15-5/h3-5H,12H2,1-2H3. The lowest BCUT2D eigenvalue weighted by Gasteiger charge is -2.31. The predicted octanol–water partition coefficient (Wildman–Crippen LogP) is 1.67. The summed E-state index contributed by atoms with van der Waals surface area (Å²) in [4.78, 5) is 13.1. The molecule has 1 unspecified atom stereocenters. The Bertz CT molecular complexity index is 434. The fourth-order valence-electron chi connectivity index (χ4n) is 1.60. The molecular formula is C10H11ClN2O2. The molecule has 0 aliphatic carbocycles. The minimum atomic E-state index is -0.508. The van der Waals surface area contributed by atoms with E-state index >= 15 is 0 Å². The van der Waals surface area contributed by atoms with Crippen molar-refractivity contribution in [1.82, 2.24) is 0 Å². The van der Waals surface area contributed by atoms with Crippen molar-refractivity contribution in [2.75, 3.05) is 17.7 Å². The van der Waals surface area contributed by atoms with Gasteiger partial charge in [-0.2, -0.15) is 0 Å². The Kier molecular flexibility index (Phi) is 2.23. The molecule has 0 fully saturated rings. The number of amides is 1. The first kappa shape index (κ1) is 10.1. The third-order valence-corrected chi connectivity index (χ3v) is 2.62. The van der Waals surface area contributed by atoms with E-state index in [1.165, 1.54) is 4.90 Å². The van der Waals surface area contributed by atoms with Gasteiger partial charge in [0.15, 0.2) is 11.9 Å². The summed E-state index contributed by atoms with van der Waals surface area (Å²) in [5.74, 6) is 0.415. The number of nitrogens with zero attached hydrogens (tertiary/aromatic N) is 1. The van der Waals surface area contributed by atoms with Crippen LogP contribution in [0.2, 0.25) is 5.02 Å². The van der Waals surface area contributed by atoms with Crippen molar-refractivity contribution < 1.29 is 9.53 Å². The van der Waals surface area contributed by atoms with E-state index in [0.717, 1.165) is 0 Å². The topological polar surface area (TPSA) is 55.6 Å². The molecule has 2 N–H and O–H groups in total. The van der Waals surface area contributed by atoms with Crippen LogP contribution >= 0.6 is 11.6 Å². The Morgan fingerprint density at radius 2 is 2.20 bits per heavy atom. The second kappa shape index (κ2) is 3.31. The highest BCUT2D eigenvalue weighted by Crippen LogP contribution is 2.40. The van der Waals surface area contributed by atoms with Crippen LogP contribution < -0.4 is 15.4 Å². The molecule has 0 spiro atoms. The van der Waals surface area contributed by atoms with Crippen molar-refractivity contribution in [3.05, 3.63) is 17.2 Å². The van der Waals surface area contributed by atoms with Gasteiger partial charge in [0.2, 0.25) is 0 Å². The van der Waals surface area contributed by atoms with Gasteiger partial charge in [-0.05, 0) is 19.1 Å². The molecule has 1 aliphatic rings. The Morgan fingerprint density at radius 3 is 2.87 bits per heavy atom. The molecule has 1 amide bonds. The van der Waals surface area contributed by atoms with E-state index in [4.69, 9.17) is 22.1 Å². The van der Waals surface area contributed by atoms with Gasteiger partial charge in [0, 0.05) is 12.1 Å². The molecule has 1 aliphatic heterocycles. The summed E-state index contributed by atoms with van der Waals surface area (Å²) in [6, 6.07) is 3.27. The lowest BCUT2D eigenvalue weighted by atomic mass is 10.2. The van der Waals surface area contributed by atoms with Crippen LogP contribution in [0.25, 0.3) is 0 Å². The quantitative estimate of drug-likeness (QED) is 0.685. The zero-order chi connectivity index (χ0) is 11.2. The maximum Gasteiger partial charge on any atom is 0.267 e. The van der Waals surface area contributed by atoms with E-state index in [2.05, 4.69) is 0 Å². The lowest BCUT2D eigenvalue weighted by molar-refractivity contribution is -0.125. The average molecular weight is 227 g/mol. The molecule has 80 valence electrons. The first-order valence-electron chi connectivity index (χ1n) is 4.54. The van der Waals surface area contributed by atoms with Crippen LogP contribution in [0.4, 0.5) is 11.4 Å². The third-order valence-electron chi connectivity index (χ3n) is 2.40. The van der Waals surface area contributed by atoms with E-state index in [1.807, 2.05) is 0 Å². The lowest BCUT2D eigenvalue weighted by Crippen LogP contribution is -2.42. The normalized spacial score (nSPS) is 19.8. The highest BCUT2D eigenvalue weighted by atomic mass is 35.5. The van der Waals surface area contributed by atoms with Crippen LogP contribution in [0.3, 0.4) is 0 Å². The fraction of sp³-hybridized carbons (Fsp3) is 0.300. The number of rotatable bonds is 0. The third kappa shape index (κ3) is 1.51. The number of nitrogens with two attached hydrogens (primary N) is 1. The average Bonchev–Trinajstić information content (AvgIpc) is 2.17. The van der Waals surface area contributed by atoms with Crippen molar-refractivity contribution >= 4 is 28.9 Å². The van der Waals surface area contributed by atoms with Crippen LogP contribution in [-0.4, -0.2) is 19.1 Å². The van der Waals surface area contributed by atoms with Crippen molar-refractivity contribution in [2.45, 2.75) is 13.0 Å². The summed E-state index contributed by atoms with van der Waals surface area (Å²) in [7, 11) is 1.68. The molecular weight excluding hydrogens is 216 g/mol. The summed E-state index contributed by atoms with van der Waals surface area (Å²) in [5.41, 5.74) is 6.83. The minimum absolute atomic E-state index is 0.107. The number of carbonyl (C=O) groups excluding carboxylic acids is 1. The van der Waals surface area contributed by atoms with Gasteiger partial charge < -0.3 is 15.4 Å². The van der Waals surface area contributed by atoms with E-state index in [0.29, 0.717) is 22.1 Å². The van der Waals surface area contributed by atoms with Crippen LogP contribution in [-0.2, 0) is 4.79 Å². The SMILES string of the molecule is CC1Oc2c(N)cc(Cl)cc2N(C)C1=O. The molecule has 1 aromatic carbocycles. The van der Waals surface area contributed by atoms with Gasteiger partial charge in [0.1, 0.15) is 0 Å². The number of fused-ring (bicyclic) bond motifs is 1. The summed E-state index contributed by atoms with van der Waals surface area (Å²) in [6.45, 7) is 1.69. The van der Waals surface area contributed by atoms with E-state index in [9.17, 15) is 4.79 Å². The predicted molar refractivity (Wildman–Crippen MR) is 59.4 cm³/mol. The van der Waals surface area contributed by atoms with Gasteiger partial charge >= 0.3 is 0 Å². The number of hydrogen-bond donors (Lipinski definition) is 1. The van der Waals surface area contributed by atoms with Gasteiger partial charge in [-0.3, -0.25) is 4.79 Å². The number of nitrogen functional groups attached to an aromatic ring is 1. The summed E-state index contributed by atoms with van der Waals surface area (Å²) < 4.78 is 5.43. The van der Waals surface area contributed by atoms with Crippen LogP contribution in [0.5, 0.6) is 5.75 Å². The number of carbonyl (C=O) groups is 1. The molecule has 0 saturated carbocycles. The van der Waals surface area contributed by atoms with Gasteiger partial charge in [-0.25, -0.2) is 0 Å². The van der Waals surface area contributed by atoms with E-state index in [1.54, 1.807) is 26.1 Å². The molecule has 5 heteroatoms. The number of hydrogen-bond acceptors (Lipinski definition) is 3. The first-order valence-corrected chi connectivity index (χ1v) is 4.91. The molecule has 0 aromatic heterocycles. The second-order valence-corrected chi connectivity index (χ2v) is 3.94. The number of benzene rings is 1. The smallest absolute Gasteiger partial charge is 0.267 e. The van der Waals surface area contributed by atoms with Gasteiger partial charge in [-0.1, -0.05) is 11.6 Å². The Morgan fingerprint density at radius 1 is 1.53 bits per heavy atom. The molecule has 1 atom stereocenters. The van der Waals surface area contributed by atoms with Crippen LogP contribution in [0, 0.1) is 0 Å². The first-order chi connectivity index (χ1) is 7.00. The zero-order valence-corrected chi connectivity index (χ0v) is 9.21. The Balaban J connectivity index is 2.60. The summed E-state index contributed by atoms with van der Waals surface area (Å²) >= 11 is 5.86. The van der Waals surface area contributed by atoms with E-state index < -0.39 is 6.10 Å². The van der Waals surface area contributed by atoms with Crippen molar-refractivity contribution in [2.24, 2.45) is 0 Å². The van der Waals surface area contributed by atoms with Crippen LogP contribution in [0.1, 0.15) is 6.92 Å². The van der Waals surface area contributed by atoms with Crippen molar-refractivity contribution in [3.8, 4) is 5.75 Å². The highest BCUT2D eigenvalue weighted by Gasteiger charge is 2.30.